The topological polar surface area (TPSA) is 70.4 Å². The number of nitrogens with zero attached hydrogens (tertiary/aromatic N) is 1. The first-order chi connectivity index (χ1) is 15.0. The Kier molecular flexibility index (Phi) is 5.06. The number of nitrogens with two attached hydrogens (primary N) is 1. The van der Waals surface area contributed by atoms with Crippen LogP contribution in [0.4, 0.5) is 11.4 Å². The van der Waals surface area contributed by atoms with Gasteiger partial charge in [0.05, 0.1) is 11.3 Å². The number of amides is 1. The first kappa shape index (κ1) is 19.9. The fraction of sp³-hybridized carbons (Fsp3) is 0.346. The Morgan fingerprint density at radius 3 is 2.42 bits per heavy atom. The summed E-state index contributed by atoms with van der Waals surface area (Å²) < 4.78 is 0. The number of rotatable bonds is 4. The van der Waals surface area contributed by atoms with Crippen LogP contribution >= 0.6 is 0 Å². The number of likely N-dealkylation sites (tertiary alicyclic amines) is 1. The van der Waals surface area contributed by atoms with Gasteiger partial charge in [0.2, 0.25) is 0 Å². The number of piperidine rings is 1. The Bertz CT molecular complexity index is 1080. The minimum Gasteiger partial charge on any atom is -0.399 e. The van der Waals surface area contributed by atoms with Crippen molar-refractivity contribution in [2.45, 2.75) is 38.6 Å². The maximum atomic E-state index is 13.2. The van der Waals surface area contributed by atoms with Crippen LogP contribution in [0.15, 0.2) is 48.0 Å². The maximum Gasteiger partial charge on any atom is 0.258 e. The van der Waals surface area contributed by atoms with Crippen molar-refractivity contribution in [3.8, 4) is 0 Å². The number of allylic oxidation sites excluding steroid dienone is 2. The average molecular weight is 415 g/mol. The molecule has 1 saturated heterocycles. The molecule has 0 bridgehead atoms. The number of benzene rings is 2. The number of hydrogen-bond acceptors (Lipinski definition) is 4. The van der Waals surface area contributed by atoms with Crippen molar-refractivity contribution in [3.05, 3.63) is 64.7 Å². The molecule has 2 aromatic carbocycles. The van der Waals surface area contributed by atoms with Crippen LogP contribution in [-0.2, 0) is 4.79 Å². The summed E-state index contributed by atoms with van der Waals surface area (Å²) in [5.41, 5.74) is 15.2. The second-order valence-electron chi connectivity index (χ2n) is 9.04. The standard InChI is InChI=1S/C26H30N4O/c1-16(17-3-4-17)19-7-10-23-22(15-19)24(26(31)29-23)25(18-5-8-20(27)9-6-18)28-21-11-13-30(2)14-12-21/h5-10,15,21,28H,3-4,11-14,27H2,1-2H3,(H,29,31)/b25-24-. The molecule has 0 unspecified atom stereocenters. The third-order valence-corrected chi connectivity index (χ3v) is 6.74. The van der Waals surface area contributed by atoms with Gasteiger partial charge in [-0.2, -0.15) is 0 Å². The van der Waals surface area contributed by atoms with E-state index in [-0.39, 0.29) is 5.91 Å². The van der Waals surface area contributed by atoms with Crippen molar-refractivity contribution in [2.75, 3.05) is 31.2 Å². The number of nitrogen functional groups attached to an aromatic ring is 1. The maximum absolute atomic E-state index is 13.2. The lowest BCUT2D eigenvalue weighted by Crippen LogP contribution is -2.40. The average Bonchev–Trinajstić information content (AvgIpc) is 3.56. The van der Waals surface area contributed by atoms with E-state index in [9.17, 15) is 4.79 Å². The first-order valence-electron chi connectivity index (χ1n) is 11.2. The summed E-state index contributed by atoms with van der Waals surface area (Å²) >= 11 is 0. The summed E-state index contributed by atoms with van der Waals surface area (Å²) in [6, 6.07) is 14.5. The monoisotopic (exact) mass is 414 g/mol. The molecule has 31 heavy (non-hydrogen) atoms. The lowest BCUT2D eigenvalue weighted by molar-refractivity contribution is -0.110. The second kappa shape index (κ2) is 7.89. The molecule has 0 spiro atoms. The van der Waals surface area contributed by atoms with Crippen LogP contribution in [0.2, 0.25) is 0 Å². The van der Waals surface area contributed by atoms with Gasteiger partial charge in [0.25, 0.3) is 5.91 Å². The molecule has 0 aromatic heterocycles. The van der Waals surface area contributed by atoms with Crippen molar-refractivity contribution >= 4 is 34.1 Å². The van der Waals surface area contributed by atoms with E-state index in [0.29, 0.717) is 6.04 Å². The number of anilines is 2. The SMILES string of the molecule is CC(=C1CC1)c1ccc2c(c1)/C(=C(/NC1CCN(C)CC1)c1ccc(N)cc1)C(=O)N2. The van der Waals surface area contributed by atoms with Gasteiger partial charge < -0.3 is 21.3 Å². The molecule has 4 N–H and O–H groups in total. The van der Waals surface area contributed by atoms with Crippen LogP contribution in [0.3, 0.4) is 0 Å². The highest BCUT2D eigenvalue weighted by Crippen LogP contribution is 2.41. The van der Waals surface area contributed by atoms with Gasteiger partial charge in [-0.05, 0) is 93.7 Å². The van der Waals surface area contributed by atoms with Gasteiger partial charge in [0.1, 0.15) is 0 Å². The van der Waals surface area contributed by atoms with E-state index in [1.807, 2.05) is 30.3 Å². The van der Waals surface area contributed by atoms with E-state index >= 15 is 0 Å². The second-order valence-corrected chi connectivity index (χ2v) is 9.04. The molecule has 2 aromatic rings. The molecule has 1 amide bonds. The number of nitrogens with one attached hydrogen (secondary N) is 2. The molecule has 5 nitrogen and oxygen atoms in total. The summed E-state index contributed by atoms with van der Waals surface area (Å²) in [6.07, 6.45) is 4.50. The fourth-order valence-electron chi connectivity index (χ4n) is 4.60. The summed E-state index contributed by atoms with van der Waals surface area (Å²) in [6.45, 7) is 4.30. The zero-order chi connectivity index (χ0) is 21.5. The molecule has 3 aliphatic rings. The Morgan fingerprint density at radius 2 is 1.74 bits per heavy atom. The van der Waals surface area contributed by atoms with Crippen molar-refractivity contribution in [3.63, 3.8) is 0 Å². The van der Waals surface area contributed by atoms with Crippen LogP contribution in [-0.4, -0.2) is 37.0 Å². The molecular formula is C26H30N4O. The molecular weight excluding hydrogens is 384 g/mol. The zero-order valence-electron chi connectivity index (χ0n) is 18.3. The Labute approximate surface area is 184 Å². The van der Waals surface area contributed by atoms with E-state index < -0.39 is 0 Å². The number of carbonyl (C=O) groups excluding carboxylic acids is 1. The number of hydrogen-bond donors (Lipinski definition) is 3. The largest absolute Gasteiger partial charge is 0.399 e. The van der Waals surface area contributed by atoms with Crippen molar-refractivity contribution in [2.24, 2.45) is 0 Å². The molecule has 0 radical (unpaired) electrons. The quantitative estimate of drug-likeness (QED) is 0.514. The van der Waals surface area contributed by atoms with Gasteiger partial charge in [-0.3, -0.25) is 4.79 Å². The van der Waals surface area contributed by atoms with Crippen LogP contribution in [0.25, 0.3) is 16.8 Å². The van der Waals surface area contributed by atoms with Gasteiger partial charge >= 0.3 is 0 Å². The van der Waals surface area contributed by atoms with Crippen LogP contribution in [0.1, 0.15) is 49.3 Å². The Hall–Kier alpha value is -3.05. The summed E-state index contributed by atoms with van der Waals surface area (Å²) in [7, 11) is 2.16. The smallest absolute Gasteiger partial charge is 0.258 e. The van der Waals surface area contributed by atoms with E-state index in [1.54, 1.807) is 0 Å². The summed E-state index contributed by atoms with van der Waals surface area (Å²) in [5.74, 6) is -0.0452. The van der Waals surface area contributed by atoms with Crippen LogP contribution in [0, 0.1) is 0 Å². The highest BCUT2D eigenvalue weighted by atomic mass is 16.2. The first-order valence-corrected chi connectivity index (χ1v) is 11.2. The molecule has 2 fully saturated rings. The molecule has 2 heterocycles. The Morgan fingerprint density at radius 1 is 1.06 bits per heavy atom. The minimum atomic E-state index is -0.0452. The predicted molar refractivity (Wildman–Crippen MR) is 128 cm³/mol. The number of carbonyl (C=O) groups is 1. The van der Waals surface area contributed by atoms with E-state index in [1.165, 1.54) is 29.6 Å². The molecule has 5 heteroatoms. The van der Waals surface area contributed by atoms with Crippen LogP contribution in [0.5, 0.6) is 0 Å². The minimum absolute atomic E-state index is 0.0452. The normalized spacial score (nSPS) is 20.3. The third-order valence-electron chi connectivity index (χ3n) is 6.74. The van der Waals surface area contributed by atoms with Crippen LogP contribution < -0.4 is 16.4 Å². The highest BCUT2D eigenvalue weighted by Gasteiger charge is 2.30. The van der Waals surface area contributed by atoms with Gasteiger partial charge in [-0.1, -0.05) is 23.8 Å². The van der Waals surface area contributed by atoms with E-state index in [2.05, 4.69) is 41.6 Å². The Balaban J connectivity index is 1.61. The van der Waals surface area contributed by atoms with Crippen molar-refractivity contribution in [1.29, 1.82) is 0 Å². The van der Waals surface area contributed by atoms with E-state index in [0.717, 1.165) is 59.7 Å². The highest BCUT2D eigenvalue weighted by molar-refractivity contribution is 6.36. The predicted octanol–water partition coefficient (Wildman–Crippen LogP) is 4.34. The molecule has 1 aliphatic carbocycles. The zero-order valence-corrected chi connectivity index (χ0v) is 18.3. The molecule has 1 saturated carbocycles. The number of fused-ring (bicyclic) bond motifs is 1. The lowest BCUT2D eigenvalue weighted by Gasteiger charge is -2.31. The van der Waals surface area contributed by atoms with E-state index in [4.69, 9.17) is 5.73 Å². The van der Waals surface area contributed by atoms with Gasteiger partial charge in [-0.15, -0.1) is 0 Å². The molecule has 2 aliphatic heterocycles. The summed E-state index contributed by atoms with van der Waals surface area (Å²) in [4.78, 5) is 15.5. The molecule has 160 valence electrons. The third kappa shape index (κ3) is 3.98. The van der Waals surface area contributed by atoms with Crippen molar-refractivity contribution in [1.82, 2.24) is 10.2 Å². The molecule has 5 rings (SSSR count). The van der Waals surface area contributed by atoms with Crippen molar-refractivity contribution < 1.29 is 4.79 Å². The van der Waals surface area contributed by atoms with Gasteiger partial charge in [-0.25, -0.2) is 0 Å². The summed E-state index contributed by atoms with van der Waals surface area (Å²) in [5, 5.41) is 6.83. The lowest BCUT2D eigenvalue weighted by atomic mass is 9.95. The van der Waals surface area contributed by atoms with Gasteiger partial charge in [0, 0.05) is 23.0 Å². The molecule has 0 atom stereocenters. The fourth-order valence-corrected chi connectivity index (χ4v) is 4.60. The van der Waals surface area contributed by atoms with Gasteiger partial charge in [0.15, 0.2) is 0 Å².